The summed E-state index contributed by atoms with van der Waals surface area (Å²) in [6.45, 7) is 0.561. The summed E-state index contributed by atoms with van der Waals surface area (Å²) in [6, 6.07) is 10.4. The van der Waals surface area contributed by atoms with Gasteiger partial charge in [-0.25, -0.2) is 24.3 Å². The van der Waals surface area contributed by atoms with Gasteiger partial charge in [-0.1, -0.05) is 35.5 Å². The van der Waals surface area contributed by atoms with Crippen LogP contribution in [0.25, 0.3) is 27.6 Å². The summed E-state index contributed by atoms with van der Waals surface area (Å²) in [5, 5.41) is 1.24. The topological polar surface area (TPSA) is 110 Å². The molecule has 5 aromatic rings. The lowest BCUT2D eigenvalue weighted by Crippen LogP contribution is -2.33. The fraction of sp³-hybridized carbons (Fsp3) is 0.200. The van der Waals surface area contributed by atoms with Crippen molar-refractivity contribution in [3.63, 3.8) is 0 Å². The maximum Gasteiger partial charge on any atom is 0.267 e. The second-order valence-electron chi connectivity index (χ2n) is 8.54. The minimum Gasteiger partial charge on any atom is -0.346 e. The second-order valence-corrected chi connectivity index (χ2v) is 9.72. The quantitative estimate of drug-likeness (QED) is 0.268. The molecule has 0 saturated carbocycles. The molecule has 1 saturated heterocycles. The van der Waals surface area contributed by atoms with Crippen LogP contribution in [-0.4, -0.2) is 42.3 Å². The molecule has 0 bridgehead atoms. The number of nitrogens with zero attached hydrogens (tertiary/aromatic N) is 6. The average molecular weight is 536 g/mol. The largest absolute Gasteiger partial charge is 0.346 e. The number of hydrogen-bond acceptors (Lipinski definition) is 8. The molecule has 9 nitrogen and oxygen atoms in total. The van der Waals surface area contributed by atoms with Gasteiger partial charge >= 0.3 is 0 Å². The Morgan fingerprint density at radius 2 is 1.95 bits per heavy atom. The number of anilines is 1. The third-order valence-corrected chi connectivity index (χ3v) is 7.27. The zero-order valence-electron chi connectivity index (χ0n) is 19.5. The van der Waals surface area contributed by atoms with Gasteiger partial charge < -0.3 is 9.88 Å². The monoisotopic (exact) mass is 535 g/mol. The van der Waals surface area contributed by atoms with E-state index in [2.05, 4.69) is 19.9 Å². The Balaban J connectivity index is 1.64. The first kappa shape index (κ1) is 23.6. The van der Waals surface area contributed by atoms with Crippen LogP contribution in [0.4, 0.5) is 10.2 Å². The highest BCUT2D eigenvalue weighted by Crippen LogP contribution is 2.38. The number of aromatic nitrogens is 6. The van der Waals surface area contributed by atoms with Gasteiger partial charge in [0.25, 0.3) is 11.1 Å². The summed E-state index contributed by atoms with van der Waals surface area (Å²) in [7, 11) is 0. The number of H-pyrrole nitrogens is 1. The van der Waals surface area contributed by atoms with Crippen LogP contribution in [0.1, 0.15) is 24.7 Å². The predicted octanol–water partition coefficient (Wildman–Crippen LogP) is 4.27. The zero-order valence-corrected chi connectivity index (χ0v) is 21.1. The molecule has 2 aromatic carbocycles. The molecule has 0 amide bonds. The highest BCUT2D eigenvalue weighted by Gasteiger charge is 2.34. The molecule has 1 N–H and O–H groups in total. The molecule has 1 aliphatic rings. The van der Waals surface area contributed by atoms with Gasteiger partial charge in [0.1, 0.15) is 22.8 Å². The summed E-state index contributed by atoms with van der Waals surface area (Å²) in [5.41, 5.74) is 0.283. The number of hydrogen-bond donors (Lipinski definition) is 1. The van der Waals surface area contributed by atoms with E-state index in [-0.39, 0.29) is 27.0 Å². The van der Waals surface area contributed by atoms with Crippen LogP contribution in [-0.2, 0) is 0 Å². The van der Waals surface area contributed by atoms with Crippen LogP contribution in [0.15, 0.2) is 63.5 Å². The van der Waals surface area contributed by atoms with E-state index in [1.54, 1.807) is 24.3 Å². The molecule has 1 atom stereocenters. The SMILES string of the molecule is CSc1nc(N2CCC[C@H]2c2nc3cccc(Cl)c3c(=O)n2-c2cccc(F)c2)c2c(=O)[nH]cnc2n1. The van der Waals surface area contributed by atoms with Gasteiger partial charge in [-0.15, -0.1) is 0 Å². The smallest absolute Gasteiger partial charge is 0.267 e. The normalized spacial score (nSPS) is 15.6. The Morgan fingerprint density at radius 3 is 2.76 bits per heavy atom. The summed E-state index contributed by atoms with van der Waals surface area (Å²) >= 11 is 7.74. The van der Waals surface area contributed by atoms with E-state index in [1.807, 2.05) is 11.2 Å². The van der Waals surface area contributed by atoms with E-state index in [0.717, 1.165) is 6.42 Å². The van der Waals surface area contributed by atoms with Gasteiger partial charge in [0.05, 0.1) is 34.0 Å². The van der Waals surface area contributed by atoms with E-state index >= 15 is 0 Å². The molecule has 12 heteroatoms. The molecular weight excluding hydrogens is 517 g/mol. The lowest BCUT2D eigenvalue weighted by atomic mass is 10.1. The minimum atomic E-state index is -0.484. The summed E-state index contributed by atoms with van der Waals surface area (Å²) < 4.78 is 15.7. The fourth-order valence-electron chi connectivity index (χ4n) is 4.82. The molecule has 0 spiro atoms. The number of aromatic amines is 1. The van der Waals surface area contributed by atoms with E-state index in [0.29, 0.717) is 41.0 Å². The predicted molar refractivity (Wildman–Crippen MR) is 141 cm³/mol. The van der Waals surface area contributed by atoms with Gasteiger partial charge in [0.2, 0.25) is 0 Å². The van der Waals surface area contributed by atoms with Crippen molar-refractivity contribution in [1.82, 2.24) is 29.5 Å². The number of fused-ring (bicyclic) bond motifs is 2. The van der Waals surface area contributed by atoms with E-state index in [4.69, 9.17) is 16.6 Å². The van der Waals surface area contributed by atoms with E-state index < -0.39 is 17.4 Å². The lowest BCUT2D eigenvalue weighted by molar-refractivity contribution is 0.616. The maximum atomic E-state index is 14.3. The Morgan fingerprint density at radius 1 is 1.11 bits per heavy atom. The fourth-order valence-corrected chi connectivity index (χ4v) is 5.43. The van der Waals surface area contributed by atoms with Crippen LogP contribution in [0.5, 0.6) is 0 Å². The van der Waals surface area contributed by atoms with Gasteiger partial charge in [0, 0.05) is 6.54 Å². The Kier molecular flexibility index (Phi) is 5.88. The van der Waals surface area contributed by atoms with Crippen molar-refractivity contribution in [2.45, 2.75) is 24.0 Å². The first-order valence-corrected chi connectivity index (χ1v) is 13.1. The molecule has 4 heterocycles. The third-order valence-electron chi connectivity index (χ3n) is 6.40. The van der Waals surface area contributed by atoms with Crippen molar-refractivity contribution in [2.75, 3.05) is 17.7 Å². The summed E-state index contributed by atoms with van der Waals surface area (Å²) in [5.74, 6) is 0.333. The molecule has 0 aliphatic carbocycles. The lowest BCUT2D eigenvalue weighted by Gasteiger charge is -2.28. The molecule has 0 radical (unpaired) electrons. The maximum absolute atomic E-state index is 14.3. The van der Waals surface area contributed by atoms with Crippen molar-refractivity contribution < 1.29 is 4.39 Å². The first-order valence-electron chi connectivity index (χ1n) is 11.5. The third kappa shape index (κ3) is 3.94. The molecule has 1 aliphatic heterocycles. The van der Waals surface area contributed by atoms with E-state index in [9.17, 15) is 14.0 Å². The standard InChI is InChI=1S/C25H19ClFN7O2S/c1-37-25-31-20-19(23(35)29-12-28-20)22(32-25)33-10-4-9-17(33)21-30-16-8-3-7-15(26)18(16)24(36)34(21)14-6-2-5-13(27)11-14/h2-3,5-8,11-12,17H,4,9-10H2,1H3,(H,28,29,31,32,35)/t17-/m0/s1. The highest BCUT2D eigenvalue weighted by atomic mass is 35.5. The Bertz CT molecular complexity index is 1810. The molecule has 37 heavy (non-hydrogen) atoms. The Labute approximate surface area is 218 Å². The number of nitrogens with one attached hydrogen (secondary N) is 1. The molecule has 1 fully saturated rings. The second kappa shape index (κ2) is 9.24. The Hall–Kier alpha value is -3.83. The van der Waals surface area contributed by atoms with Crippen molar-refractivity contribution in [1.29, 1.82) is 0 Å². The van der Waals surface area contributed by atoms with Gasteiger partial charge in [-0.3, -0.25) is 14.2 Å². The van der Waals surface area contributed by atoms with Crippen LogP contribution >= 0.6 is 23.4 Å². The van der Waals surface area contributed by atoms with Crippen LogP contribution in [0.3, 0.4) is 0 Å². The minimum absolute atomic E-state index is 0.250. The van der Waals surface area contributed by atoms with Gasteiger partial charge in [-0.05, 0) is 49.4 Å². The van der Waals surface area contributed by atoms with E-state index in [1.165, 1.54) is 40.9 Å². The molecule has 186 valence electrons. The highest BCUT2D eigenvalue weighted by molar-refractivity contribution is 7.98. The number of rotatable bonds is 4. The van der Waals surface area contributed by atoms with Crippen LogP contribution in [0.2, 0.25) is 5.02 Å². The summed E-state index contributed by atoms with van der Waals surface area (Å²) in [6.07, 6.45) is 4.54. The van der Waals surface area contributed by atoms with Crippen molar-refractivity contribution >= 4 is 51.1 Å². The first-order chi connectivity index (χ1) is 18.0. The van der Waals surface area contributed by atoms with Crippen molar-refractivity contribution in [3.05, 3.63) is 86.2 Å². The van der Waals surface area contributed by atoms with Crippen molar-refractivity contribution in [2.24, 2.45) is 0 Å². The van der Waals surface area contributed by atoms with Crippen LogP contribution in [0, 0.1) is 5.82 Å². The summed E-state index contributed by atoms with van der Waals surface area (Å²) in [4.78, 5) is 49.4. The molecular formula is C25H19ClFN7O2S. The molecule has 0 unspecified atom stereocenters. The number of halogens is 2. The average Bonchev–Trinajstić information content (AvgIpc) is 3.38. The molecule has 6 rings (SSSR count). The van der Waals surface area contributed by atoms with Crippen molar-refractivity contribution in [3.8, 4) is 5.69 Å². The van der Waals surface area contributed by atoms with Crippen LogP contribution < -0.4 is 16.0 Å². The molecule has 3 aromatic heterocycles. The van der Waals surface area contributed by atoms with Gasteiger partial charge in [-0.2, -0.15) is 0 Å². The number of thioether (sulfide) groups is 1. The zero-order chi connectivity index (χ0) is 25.7. The number of benzene rings is 2. The van der Waals surface area contributed by atoms with Gasteiger partial charge in [0.15, 0.2) is 10.8 Å².